The number of aromatic nitrogens is 1. The Bertz CT molecular complexity index is 1440. The molecule has 0 amide bonds. The van der Waals surface area contributed by atoms with Crippen molar-refractivity contribution in [1.82, 2.24) is 4.98 Å². The summed E-state index contributed by atoms with van der Waals surface area (Å²) < 4.78 is 0. The number of carbonyl (C=O) groups excluding carboxylic acids is 1. The van der Waals surface area contributed by atoms with Gasteiger partial charge in [-0.15, -0.1) is 0 Å². The molecule has 0 aliphatic carbocycles. The number of aromatic carboxylic acids is 3. The normalized spacial score (nSPS) is 10.7. The molecule has 4 rings (SSSR count). The third-order valence-corrected chi connectivity index (χ3v) is 5.09. The monoisotopic (exact) mass is 441 g/mol. The molecule has 0 spiro atoms. The van der Waals surface area contributed by atoms with E-state index >= 15 is 0 Å². The Labute approximate surface area is 186 Å². The van der Waals surface area contributed by atoms with Gasteiger partial charge in [-0.3, -0.25) is 4.79 Å². The molecule has 0 aliphatic heterocycles. The van der Waals surface area contributed by atoms with E-state index in [1.165, 1.54) is 30.3 Å². The number of aldehydes is 1. The van der Waals surface area contributed by atoms with Gasteiger partial charge in [0, 0.05) is 16.5 Å². The highest BCUT2D eigenvalue weighted by molar-refractivity contribution is 5.97. The fraction of sp³-hybridized carbons (Fsp3) is 0. The number of carboxylic acids is 3. The number of carboxylic acid groups (broad SMARTS) is 3. The molecular weight excluding hydrogens is 426 g/mol. The lowest BCUT2D eigenvalue weighted by molar-refractivity contribution is 0.0682. The molecule has 162 valence electrons. The third-order valence-electron chi connectivity index (χ3n) is 5.09. The second kappa shape index (κ2) is 8.35. The second-order valence-corrected chi connectivity index (χ2v) is 7.28. The highest BCUT2D eigenvalue weighted by Crippen LogP contribution is 2.28. The van der Waals surface area contributed by atoms with Crippen molar-refractivity contribution in [2.24, 2.45) is 0 Å². The summed E-state index contributed by atoms with van der Waals surface area (Å²) in [5.41, 5.74) is 2.22. The molecule has 0 bridgehead atoms. The van der Waals surface area contributed by atoms with Crippen LogP contribution in [-0.2, 0) is 0 Å². The minimum Gasteiger partial charge on any atom is -0.478 e. The summed E-state index contributed by atoms with van der Waals surface area (Å²) in [6.07, 6.45) is 0.560. The lowest BCUT2D eigenvalue weighted by Crippen LogP contribution is -2.03. The van der Waals surface area contributed by atoms with E-state index in [4.69, 9.17) is 0 Å². The largest absolute Gasteiger partial charge is 0.478 e. The quantitative estimate of drug-likeness (QED) is 0.372. The Kier molecular flexibility index (Phi) is 5.41. The van der Waals surface area contributed by atoms with Crippen molar-refractivity contribution in [3.63, 3.8) is 0 Å². The molecule has 33 heavy (non-hydrogen) atoms. The van der Waals surface area contributed by atoms with Gasteiger partial charge in [0.15, 0.2) is 0 Å². The summed E-state index contributed by atoms with van der Waals surface area (Å²) in [6, 6.07) is 16.7. The maximum Gasteiger partial charge on any atom is 0.335 e. The fourth-order valence-corrected chi connectivity index (χ4v) is 3.49. The van der Waals surface area contributed by atoms with Crippen LogP contribution in [0.4, 0.5) is 0 Å². The molecular formula is C25H15NO7. The Morgan fingerprint density at radius 2 is 1.21 bits per heavy atom. The van der Waals surface area contributed by atoms with Gasteiger partial charge in [0.05, 0.1) is 27.9 Å². The molecule has 1 aromatic heterocycles. The van der Waals surface area contributed by atoms with Crippen LogP contribution in [0.25, 0.3) is 33.3 Å². The molecule has 4 aromatic rings. The number of nitrogens with zero attached hydrogens (tertiary/aromatic N) is 1. The van der Waals surface area contributed by atoms with Crippen LogP contribution in [0.3, 0.4) is 0 Å². The van der Waals surface area contributed by atoms with Crippen LogP contribution >= 0.6 is 0 Å². The van der Waals surface area contributed by atoms with Gasteiger partial charge in [0.1, 0.15) is 6.29 Å². The molecule has 0 unspecified atom stereocenters. The van der Waals surface area contributed by atoms with E-state index in [0.717, 1.165) is 11.5 Å². The van der Waals surface area contributed by atoms with E-state index in [9.17, 15) is 34.5 Å². The van der Waals surface area contributed by atoms with Crippen molar-refractivity contribution in [1.29, 1.82) is 0 Å². The zero-order valence-corrected chi connectivity index (χ0v) is 16.9. The molecule has 3 N–H and O–H groups in total. The molecule has 0 saturated heterocycles. The van der Waals surface area contributed by atoms with Crippen molar-refractivity contribution in [2.45, 2.75) is 0 Å². The highest BCUT2D eigenvalue weighted by Gasteiger charge is 2.14. The van der Waals surface area contributed by atoms with E-state index in [-0.39, 0.29) is 22.3 Å². The first-order valence-corrected chi connectivity index (χ1v) is 9.62. The maximum absolute atomic E-state index is 11.4. The summed E-state index contributed by atoms with van der Waals surface area (Å²) in [5, 5.41) is 28.7. The van der Waals surface area contributed by atoms with Gasteiger partial charge in [-0.1, -0.05) is 18.2 Å². The lowest BCUT2D eigenvalue weighted by atomic mass is 9.98. The van der Waals surface area contributed by atoms with Gasteiger partial charge in [-0.2, -0.15) is 0 Å². The molecule has 0 aliphatic rings. The van der Waals surface area contributed by atoms with Crippen LogP contribution < -0.4 is 0 Å². The van der Waals surface area contributed by atoms with Crippen molar-refractivity contribution in [3.05, 3.63) is 89.0 Å². The first kappa shape index (κ1) is 21.4. The first-order chi connectivity index (χ1) is 15.7. The van der Waals surface area contributed by atoms with Crippen LogP contribution in [0.2, 0.25) is 0 Å². The van der Waals surface area contributed by atoms with Crippen LogP contribution in [0.1, 0.15) is 41.4 Å². The van der Waals surface area contributed by atoms with Gasteiger partial charge in [0.25, 0.3) is 0 Å². The predicted molar refractivity (Wildman–Crippen MR) is 119 cm³/mol. The zero-order valence-electron chi connectivity index (χ0n) is 16.9. The van der Waals surface area contributed by atoms with Crippen LogP contribution in [0, 0.1) is 0 Å². The minimum atomic E-state index is -1.25. The van der Waals surface area contributed by atoms with Crippen LogP contribution in [-0.4, -0.2) is 44.5 Å². The Morgan fingerprint density at radius 3 is 1.82 bits per heavy atom. The molecule has 0 fully saturated rings. The third kappa shape index (κ3) is 4.31. The number of hydrogen-bond donors (Lipinski definition) is 3. The lowest BCUT2D eigenvalue weighted by Gasteiger charge is -2.09. The summed E-state index contributed by atoms with van der Waals surface area (Å²) >= 11 is 0. The van der Waals surface area contributed by atoms with Crippen molar-refractivity contribution in [3.8, 4) is 22.4 Å². The first-order valence-electron chi connectivity index (χ1n) is 9.62. The summed E-state index contributed by atoms with van der Waals surface area (Å²) in [4.78, 5) is 50.1. The predicted octanol–water partition coefficient (Wildman–Crippen LogP) is 4.48. The summed E-state index contributed by atoms with van der Waals surface area (Å²) in [6.45, 7) is 0. The van der Waals surface area contributed by atoms with Crippen molar-refractivity contribution < 1.29 is 34.5 Å². The molecule has 3 aromatic carbocycles. The SMILES string of the molecule is O=Cc1cc(C(=O)O)cc(-c2ccc3ccc(-c4cc(C(=O)O)cc(C(=O)O)c4)cc3n2)c1. The smallest absolute Gasteiger partial charge is 0.335 e. The van der Waals surface area contributed by atoms with E-state index in [0.29, 0.717) is 34.2 Å². The van der Waals surface area contributed by atoms with E-state index < -0.39 is 17.9 Å². The van der Waals surface area contributed by atoms with E-state index in [2.05, 4.69) is 4.98 Å². The van der Waals surface area contributed by atoms with Gasteiger partial charge < -0.3 is 15.3 Å². The van der Waals surface area contributed by atoms with Gasteiger partial charge >= 0.3 is 17.9 Å². The van der Waals surface area contributed by atoms with E-state index in [1.807, 2.05) is 0 Å². The van der Waals surface area contributed by atoms with Gasteiger partial charge in [-0.05, 0) is 59.7 Å². The molecule has 0 radical (unpaired) electrons. The number of rotatable bonds is 6. The van der Waals surface area contributed by atoms with Crippen molar-refractivity contribution in [2.75, 3.05) is 0 Å². The average molecular weight is 441 g/mol. The summed E-state index contributed by atoms with van der Waals surface area (Å²) in [7, 11) is 0. The average Bonchev–Trinajstić information content (AvgIpc) is 2.82. The number of carbonyl (C=O) groups is 4. The van der Waals surface area contributed by atoms with Crippen LogP contribution in [0.15, 0.2) is 66.7 Å². The molecule has 8 nitrogen and oxygen atoms in total. The second-order valence-electron chi connectivity index (χ2n) is 7.28. The molecule has 8 heteroatoms. The fourth-order valence-electron chi connectivity index (χ4n) is 3.49. The molecule has 0 saturated carbocycles. The minimum absolute atomic E-state index is 0.0445. The number of fused-ring (bicyclic) bond motifs is 1. The Hall–Kier alpha value is -4.85. The van der Waals surface area contributed by atoms with Gasteiger partial charge in [0.2, 0.25) is 0 Å². The molecule has 0 atom stereocenters. The van der Waals surface area contributed by atoms with Crippen molar-refractivity contribution >= 4 is 35.1 Å². The zero-order chi connectivity index (χ0) is 23.7. The highest BCUT2D eigenvalue weighted by atomic mass is 16.4. The topological polar surface area (TPSA) is 142 Å². The van der Waals surface area contributed by atoms with Gasteiger partial charge in [-0.25, -0.2) is 19.4 Å². The molecule has 1 heterocycles. The number of pyridine rings is 1. The maximum atomic E-state index is 11.4. The standard InChI is InChI=1S/C25H15NO7/c27-12-13-5-17(9-18(6-13)23(28)29)21-4-3-14-1-2-15(11-22(14)26-21)16-7-19(24(30)31)10-20(8-16)25(32)33/h1-12H,(H,28,29)(H,30,31)(H,32,33). The Morgan fingerprint density at radius 1 is 0.636 bits per heavy atom. The number of hydrogen-bond acceptors (Lipinski definition) is 5. The summed E-state index contributed by atoms with van der Waals surface area (Å²) in [5.74, 6) is -3.66. The van der Waals surface area contributed by atoms with E-state index in [1.54, 1.807) is 30.3 Å². The number of benzene rings is 3. The van der Waals surface area contributed by atoms with Crippen LogP contribution in [0.5, 0.6) is 0 Å². The Balaban J connectivity index is 1.86.